The smallest absolute Gasteiger partial charge is 0.352 e. The number of Topliss-reactive ketones (excluding diaryl/α,β-unsaturated/α-hetero) is 1. The fraction of sp³-hybridized carbons (Fsp3) is 0.333. The second-order valence-electron chi connectivity index (χ2n) is 7.95. The Labute approximate surface area is 177 Å². The van der Waals surface area contributed by atoms with Gasteiger partial charge in [0.1, 0.15) is 5.75 Å². The van der Waals surface area contributed by atoms with Gasteiger partial charge in [0.05, 0.1) is 13.7 Å². The molecule has 152 valence electrons. The van der Waals surface area contributed by atoms with Gasteiger partial charge in [-0.3, -0.25) is 9.36 Å². The van der Waals surface area contributed by atoms with E-state index >= 15 is 0 Å². The van der Waals surface area contributed by atoms with E-state index in [1.54, 1.807) is 31.5 Å². The van der Waals surface area contributed by atoms with Gasteiger partial charge in [0, 0.05) is 22.7 Å². The average Bonchev–Trinajstić information content (AvgIpc) is 2.97. The minimum absolute atomic E-state index is 0.0351. The molecule has 0 saturated heterocycles. The molecule has 0 radical (unpaired) electrons. The molecule has 0 aliphatic rings. The lowest BCUT2D eigenvalue weighted by atomic mass is 9.90. The second kappa shape index (κ2) is 8.32. The fourth-order valence-corrected chi connectivity index (χ4v) is 3.22. The summed E-state index contributed by atoms with van der Waals surface area (Å²) in [6.45, 7) is 5.92. The van der Waals surface area contributed by atoms with Gasteiger partial charge in [-0.25, -0.2) is 9.78 Å². The summed E-state index contributed by atoms with van der Waals surface area (Å²) in [5, 5.41) is 4.49. The van der Waals surface area contributed by atoms with E-state index in [2.05, 4.69) is 26.0 Å². The highest BCUT2D eigenvalue weighted by Crippen LogP contribution is 2.23. The molecule has 0 atom stereocenters. The molecule has 2 heterocycles. The molecular formula is C21H23BrN4O3. The lowest BCUT2D eigenvalue weighted by Crippen LogP contribution is -2.28. The molecule has 0 aliphatic heterocycles. The van der Waals surface area contributed by atoms with E-state index in [-0.39, 0.29) is 17.7 Å². The predicted molar refractivity (Wildman–Crippen MR) is 114 cm³/mol. The van der Waals surface area contributed by atoms with Crippen LogP contribution in [0.3, 0.4) is 0 Å². The van der Waals surface area contributed by atoms with Crippen molar-refractivity contribution in [1.82, 2.24) is 19.3 Å². The number of benzene rings is 1. The summed E-state index contributed by atoms with van der Waals surface area (Å²) in [5.41, 5.74) is 0.0980. The number of pyridine rings is 1. The van der Waals surface area contributed by atoms with Crippen molar-refractivity contribution in [3.8, 4) is 23.0 Å². The van der Waals surface area contributed by atoms with Crippen LogP contribution in [0.5, 0.6) is 5.75 Å². The van der Waals surface area contributed by atoms with E-state index in [4.69, 9.17) is 4.74 Å². The number of carbonyl (C=O) groups is 1. The number of aromatic nitrogens is 4. The van der Waals surface area contributed by atoms with Crippen LogP contribution >= 0.6 is 15.9 Å². The summed E-state index contributed by atoms with van der Waals surface area (Å²) in [7, 11) is 1.57. The number of ketones is 1. The van der Waals surface area contributed by atoms with Crippen LogP contribution in [0.4, 0.5) is 0 Å². The number of hydrogen-bond acceptors (Lipinski definition) is 5. The van der Waals surface area contributed by atoms with Crippen molar-refractivity contribution >= 4 is 21.7 Å². The van der Waals surface area contributed by atoms with Crippen LogP contribution in [0.2, 0.25) is 0 Å². The van der Waals surface area contributed by atoms with Crippen molar-refractivity contribution in [2.75, 3.05) is 7.11 Å². The number of nitrogens with zero attached hydrogens (tertiary/aromatic N) is 4. The molecule has 8 heteroatoms. The lowest BCUT2D eigenvalue weighted by molar-refractivity contribution is -0.121. The first-order valence-corrected chi connectivity index (χ1v) is 9.95. The molecule has 0 aliphatic carbocycles. The molecule has 0 spiro atoms. The minimum atomic E-state index is -0.417. The largest absolute Gasteiger partial charge is 0.497 e. The normalized spacial score (nSPS) is 11.5. The van der Waals surface area contributed by atoms with Crippen molar-refractivity contribution in [1.29, 1.82) is 0 Å². The Balaban J connectivity index is 2.11. The highest BCUT2D eigenvalue weighted by Gasteiger charge is 2.22. The van der Waals surface area contributed by atoms with Crippen LogP contribution in [-0.2, 0) is 11.3 Å². The summed E-state index contributed by atoms with van der Waals surface area (Å²) in [6.07, 6.45) is 1.95. The minimum Gasteiger partial charge on any atom is -0.497 e. The Bertz CT molecular complexity index is 1080. The zero-order chi connectivity index (χ0) is 21.2. The quantitative estimate of drug-likeness (QED) is 0.559. The summed E-state index contributed by atoms with van der Waals surface area (Å²) >= 11 is 3.34. The maximum atomic E-state index is 13.1. The average molecular weight is 459 g/mol. The number of rotatable bonds is 6. The summed E-state index contributed by atoms with van der Waals surface area (Å²) in [4.78, 5) is 30.0. The van der Waals surface area contributed by atoms with Gasteiger partial charge in [-0.1, -0.05) is 32.9 Å². The molecule has 7 nitrogen and oxygen atoms in total. The van der Waals surface area contributed by atoms with Crippen molar-refractivity contribution in [3.63, 3.8) is 0 Å². The number of methoxy groups -OCH3 is 1. The monoisotopic (exact) mass is 458 g/mol. The van der Waals surface area contributed by atoms with Gasteiger partial charge in [-0.2, -0.15) is 4.68 Å². The van der Waals surface area contributed by atoms with Gasteiger partial charge >= 0.3 is 5.69 Å². The first-order chi connectivity index (χ1) is 13.7. The molecule has 1 aromatic carbocycles. The van der Waals surface area contributed by atoms with Crippen LogP contribution in [0.1, 0.15) is 27.2 Å². The van der Waals surface area contributed by atoms with Crippen LogP contribution in [0.15, 0.2) is 51.9 Å². The van der Waals surface area contributed by atoms with Crippen LogP contribution in [0, 0.1) is 5.41 Å². The van der Waals surface area contributed by atoms with Gasteiger partial charge in [0.15, 0.2) is 17.4 Å². The van der Waals surface area contributed by atoms with Gasteiger partial charge in [-0.05, 0) is 45.6 Å². The van der Waals surface area contributed by atoms with Crippen LogP contribution in [0.25, 0.3) is 17.2 Å². The third-order valence-electron chi connectivity index (χ3n) is 4.18. The Morgan fingerprint density at radius 1 is 1.21 bits per heavy atom. The molecule has 0 bridgehead atoms. The Morgan fingerprint density at radius 2 is 1.97 bits per heavy atom. The molecule has 3 aromatic rings. The molecular weight excluding hydrogens is 436 g/mol. The van der Waals surface area contributed by atoms with E-state index in [1.165, 1.54) is 9.25 Å². The van der Waals surface area contributed by atoms with Gasteiger partial charge < -0.3 is 4.74 Å². The zero-order valence-electron chi connectivity index (χ0n) is 16.8. The fourth-order valence-electron chi connectivity index (χ4n) is 2.98. The van der Waals surface area contributed by atoms with Crippen molar-refractivity contribution in [3.05, 3.63) is 57.6 Å². The Morgan fingerprint density at radius 3 is 2.59 bits per heavy atom. The molecule has 0 unspecified atom stereocenters. The van der Waals surface area contributed by atoms with Crippen molar-refractivity contribution < 1.29 is 9.53 Å². The van der Waals surface area contributed by atoms with E-state index in [1.807, 2.05) is 39.0 Å². The maximum Gasteiger partial charge on any atom is 0.352 e. The highest BCUT2D eigenvalue weighted by atomic mass is 79.9. The molecule has 2 aromatic heterocycles. The topological polar surface area (TPSA) is 79.0 Å². The number of hydrogen-bond donors (Lipinski definition) is 0. The van der Waals surface area contributed by atoms with Gasteiger partial charge in [0.25, 0.3) is 0 Å². The molecule has 0 saturated carbocycles. The molecule has 0 fully saturated rings. The maximum absolute atomic E-state index is 13.1. The Hall–Kier alpha value is -2.74. The SMILES string of the molecule is COc1cccc(-c2nn(-c3ccc(Br)cn3)c(=O)n2CC(=O)CC(C)(C)C)c1. The van der Waals surface area contributed by atoms with E-state index in [0.717, 1.165) is 4.47 Å². The van der Waals surface area contributed by atoms with E-state index in [0.29, 0.717) is 29.4 Å². The van der Waals surface area contributed by atoms with Crippen molar-refractivity contribution in [2.45, 2.75) is 33.7 Å². The Kier molecular flexibility index (Phi) is 6.02. The van der Waals surface area contributed by atoms with E-state index in [9.17, 15) is 9.59 Å². The van der Waals surface area contributed by atoms with Crippen LogP contribution < -0.4 is 10.4 Å². The summed E-state index contributed by atoms with van der Waals surface area (Å²) < 4.78 is 8.69. The second-order valence-corrected chi connectivity index (χ2v) is 8.86. The lowest BCUT2D eigenvalue weighted by Gasteiger charge is -2.17. The number of ether oxygens (including phenoxy) is 1. The molecule has 3 rings (SSSR count). The number of halogens is 1. The van der Waals surface area contributed by atoms with Crippen LogP contribution in [-0.4, -0.2) is 32.2 Å². The van der Waals surface area contributed by atoms with Crippen molar-refractivity contribution in [2.24, 2.45) is 5.41 Å². The van der Waals surface area contributed by atoms with Gasteiger partial charge in [-0.15, -0.1) is 5.10 Å². The molecule has 29 heavy (non-hydrogen) atoms. The first-order valence-electron chi connectivity index (χ1n) is 9.16. The molecule has 0 amide bonds. The number of carbonyl (C=O) groups excluding carboxylic acids is 1. The summed E-state index contributed by atoms with van der Waals surface area (Å²) in [6, 6.07) is 10.7. The van der Waals surface area contributed by atoms with Gasteiger partial charge in [0.2, 0.25) is 0 Å². The summed E-state index contributed by atoms with van der Waals surface area (Å²) in [5.74, 6) is 1.37. The van der Waals surface area contributed by atoms with E-state index < -0.39 is 5.69 Å². The first kappa shape index (κ1) is 21.0. The highest BCUT2D eigenvalue weighted by molar-refractivity contribution is 9.10. The third-order valence-corrected chi connectivity index (χ3v) is 4.65. The molecule has 0 N–H and O–H groups in total. The predicted octanol–water partition coefficient (Wildman–Crippen LogP) is 3.87. The zero-order valence-corrected chi connectivity index (χ0v) is 18.4. The standard InChI is InChI=1S/C21H23BrN4O3/c1-21(2,3)11-16(27)13-25-19(14-6-5-7-17(10-14)29-4)24-26(20(25)28)18-9-8-15(22)12-23-18/h5-10,12H,11,13H2,1-4H3. The third kappa shape index (κ3) is 5.00.